The Morgan fingerprint density at radius 2 is 2.00 bits per heavy atom. The Bertz CT molecular complexity index is 132. The van der Waals surface area contributed by atoms with E-state index < -0.39 is 0 Å². The van der Waals surface area contributed by atoms with Crippen LogP contribution < -0.4 is 10.6 Å². The van der Waals surface area contributed by atoms with Crippen molar-refractivity contribution in [2.45, 2.75) is 52.1 Å². The standard InChI is InChI=1S/C11H24N2/c1-4-10(5-2)13-11-6-9(3)7-12-8-11/h9-13H,4-8H2,1-3H3. The van der Waals surface area contributed by atoms with Crippen molar-refractivity contribution in [1.82, 2.24) is 10.6 Å². The number of piperidine rings is 1. The first-order valence-electron chi connectivity index (χ1n) is 5.73. The highest BCUT2D eigenvalue weighted by atomic mass is 15.0. The normalized spacial score (nSPS) is 29.5. The minimum absolute atomic E-state index is 0.702. The molecule has 0 amide bonds. The Labute approximate surface area is 82.5 Å². The highest BCUT2D eigenvalue weighted by molar-refractivity contribution is 4.81. The smallest absolute Gasteiger partial charge is 0.0198 e. The summed E-state index contributed by atoms with van der Waals surface area (Å²) < 4.78 is 0. The monoisotopic (exact) mass is 184 g/mol. The van der Waals surface area contributed by atoms with Gasteiger partial charge in [-0.1, -0.05) is 20.8 Å². The van der Waals surface area contributed by atoms with E-state index in [4.69, 9.17) is 0 Å². The Kier molecular flexibility index (Phi) is 4.74. The molecule has 1 saturated heterocycles. The van der Waals surface area contributed by atoms with E-state index in [9.17, 15) is 0 Å². The van der Waals surface area contributed by atoms with Gasteiger partial charge in [-0.2, -0.15) is 0 Å². The third-order valence-corrected chi connectivity index (χ3v) is 3.03. The molecular weight excluding hydrogens is 160 g/mol. The van der Waals surface area contributed by atoms with Crippen LogP contribution in [0.2, 0.25) is 0 Å². The van der Waals surface area contributed by atoms with Crippen molar-refractivity contribution in [2.75, 3.05) is 13.1 Å². The molecule has 0 aromatic carbocycles. The molecule has 1 aliphatic heterocycles. The molecular formula is C11H24N2. The molecule has 2 heteroatoms. The lowest BCUT2D eigenvalue weighted by Gasteiger charge is -2.31. The Morgan fingerprint density at radius 1 is 1.31 bits per heavy atom. The van der Waals surface area contributed by atoms with Crippen LogP contribution in [0.5, 0.6) is 0 Å². The molecule has 1 rings (SSSR count). The summed E-state index contributed by atoms with van der Waals surface area (Å²) in [5.41, 5.74) is 0. The van der Waals surface area contributed by atoms with E-state index in [0.717, 1.165) is 18.5 Å². The average molecular weight is 184 g/mol. The molecule has 2 unspecified atom stereocenters. The van der Waals surface area contributed by atoms with E-state index >= 15 is 0 Å². The van der Waals surface area contributed by atoms with E-state index in [-0.39, 0.29) is 0 Å². The number of nitrogens with one attached hydrogen (secondary N) is 2. The van der Waals surface area contributed by atoms with Crippen LogP contribution in [-0.2, 0) is 0 Å². The van der Waals surface area contributed by atoms with Crippen LogP contribution in [-0.4, -0.2) is 25.2 Å². The second-order valence-electron chi connectivity index (χ2n) is 4.38. The first-order valence-corrected chi connectivity index (χ1v) is 5.73. The van der Waals surface area contributed by atoms with Gasteiger partial charge in [-0.05, 0) is 31.7 Å². The van der Waals surface area contributed by atoms with E-state index in [1.165, 1.54) is 25.8 Å². The van der Waals surface area contributed by atoms with Gasteiger partial charge in [0.25, 0.3) is 0 Å². The van der Waals surface area contributed by atoms with E-state index in [0.29, 0.717) is 6.04 Å². The van der Waals surface area contributed by atoms with Crippen LogP contribution in [0, 0.1) is 5.92 Å². The second-order valence-corrected chi connectivity index (χ2v) is 4.38. The van der Waals surface area contributed by atoms with Crippen LogP contribution in [0.1, 0.15) is 40.0 Å². The molecule has 0 aromatic heterocycles. The van der Waals surface area contributed by atoms with Crippen LogP contribution >= 0.6 is 0 Å². The summed E-state index contributed by atoms with van der Waals surface area (Å²) in [5.74, 6) is 0.834. The van der Waals surface area contributed by atoms with Gasteiger partial charge in [0.1, 0.15) is 0 Å². The fraction of sp³-hybridized carbons (Fsp3) is 1.00. The predicted octanol–water partition coefficient (Wildman–Crippen LogP) is 1.76. The molecule has 2 nitrogen and oxygen atoms in total. The summed E-state index contributed by atoms with van der Waals surface area (Å²) in [6.07, 6.45) is 3.84. The van der Waals surface area contributed by atoms with Gasteiger partial charge in [-0.15, -0.1) is 0 Å². The Balaban J connectivity index is 2.26. The lowest BCUT2D eigenvalue weighted by Crippen LogP contribution is -2.49. The zero-order chi connectivity index (χ0) is 9.68. The van der Waals surface area contributed by atoms with Gasteiger partial charge in [0.2, 0.25) is 0 Å². The fourth-order valence-electron chi connectivity index (χ4n) is 2.14. The minimum Gasteiger partial charge on any atom is -0.315 e. The maximum Gasteiger partial charge on any atom is 0.0198 e. The third kappa shape index (κ3) is 3.65. The molecule has 13 heavy (non-hydrogen) atoms. The van der Waals surface area contributed by atoms with Gasteiger partial charge < -0.3 is 10.6 Å². The first kappa shape index (κ1) is 11.0. The van der Waals surface area contributed by atoms with Gasteiger partial charge >= 0.3 is 0 Å². The van der Waals surface area contributed by atoms with Crippen molar-refractivity contribution in [1.29, 1.82) is 0 Å². The number of rotatable bonds is 4. The molecule has 2 atom stereocenters. The Morgan fingerprint density at radius 3 is 2.54 bits per heavy atom. The van der Waals surface area contributed by atoms with Crippen molar-refractivity contribution < 1.29 is 0 Å². The van der Waals surface area contributed by atoms with Gasteiger partial charge in [-0.3, -0.25) is 0 Å². The molecule has 1 aliphatic rings. The molecule has 2 N–H and O–H groups in total. The first-order chi connectivity index (χ1) is 6.26. The Hall–Kier alpha value is -0.0800. The highest BCUT2D eigenvalue weighted by Gasteiger charge is 2.19. The van der Waals surface area contributed by atoms with Crippen molar-refractivity contribution in [2.24, 2.45) is 5.92 Å². The molecule has 1 heterocycles. The summed E-state index contributed by atoms with van der Waals surface area (Å²) in [6, 6.07) is 1.42. The predicted molar refractivity (Wildman–Crippen MR) is 57.9 cm³/mol. The van der Waals surface area contributed by atoms with E-state index in [2.05, 4.69) is 31.4 Å². The SMILES string of the molecule is CCC(CC)NC1CNCC(C)C1. The molecule has 78 valence electrons. The van der Waals surface area contributed by atoms with Crippen molar-refractivity contribution in [3.8, 4) is 0 Å². The lowest BCUT2D eigenvalue weighted by molar-refractivity contribution is 0.290. The zero-order valence-electron chi connectivity index (χ0n) is 9.27. The minimum atomic E-state index is 0.702. The van der Waals surface area contributed by atoms with Gasteiger partial charge in [0.05, 0.1) is 0 Å². The van der Waals surface area contributed by atoms with Crippen LogP contribution in [0.3, 0.4) is 0 Å². The highest BCUT2D eigenvalue weighted by Crippen LogP contribution is 2.11. The average Bonchev–Trinajstić information content (AvgIpc) is 2.14. The van der Waals surface area contributed by atoms with Crippen molar-refractivity contribution >= 4 is 0 Å². The largest absolute Gasteiger partial charge is 0.315 e. The van der Waals surface area contributed by atoms with Crippen LogP contribution in [0.15, 0.2) is 0 Å². The van der Waals surface area contributed by atoms with E-state index in [1.807, 2.05) is 0 Å². The molecule has 0 aromatic rings. The summed E-state index contributed by atoms with van der Waals surface area (Å²) in [7, 11) is 0. The van der Waals surface area contributed by atoms with Crippen LogP contribution in [0.25, 0.3) is 0 Å². The molecule has 0 radical (unpaired) electrons. The summed E-state index contributed by atoms with van der Waals surface area (Å²) in [6.45, 7) is 9.21. The quantitative estimate of drug-likeness (QED) is 0.696. The molecule has 0 saturated carbocycles. The number of hydrogen-bond donors (Lipinski definition) is 2. The maximum absolute atomic E-state index is 3.72. The molecule has 1 fully saturated rings. The van der Waals surface area contributed by atoms with Gasteiger partial charge in [0, 0.05) is 18.6 Å². The van der Waals surface area contributed by atoms with Gasteiger partial charge in [-0.25, -0.2) is 0 Å². The van der Waals surface area contributed by atoms with Gasteiger partial charge in [0.15, 0.2) is 0 Å². The second kappa shape index (κ2) is 5.61. The maximum atomic E-state index is 3.72. The summed E-state index contributed by atoms with van der Waals surface area (Å²) >= 11 is 0. The topological polar surface area (TPSA) is 24.1 Å². The number of hydrogen-bond acceptors (Lipinski definition) is 2. The summed E-state index contributed by atoms with van der Waals surface area (Å²) in [4.78, 5) is 0. The zero-order valence-corrected chi connectivity index (χ0v) is 9.27. The third-order valence-electron chi connectivity index (χ3n) is 3.03. The van der Waals surface area contributed by atoms with E-state index in [1.54, 1.807) is 0 Å². The van der Waals surface area contributed by atoms with Crippen molar-refractivity contribution in [3.63, 3.8) is 0 Å². The lowest BCUT2D eigenvalue weighted by atomic mass is 9.96. The van der Waals surface area contributed by atoms with Crippen molar-refractivity contribution in [3.05, 3.63) is 0 Å². The summed E-state index contributed by atoms with van der Waals surface area (Å²) in [5, 5.41) is 7.20. The molecule has 0 aliphatic carbocycles. The molecule has 0 bridgehead atoms. The van der Waals surface area contributed by atoms with Crippen LogP contribution in [0.4, 0.5) is 0 Å². The molecule has 0 spiro atoms. The fourth-order valence-corrected chi connectivity index (χ4v) is 2.14.